The number of carbonyl (C=O) groups is 2. The van der Waals surface area contributed by atoms with E-state index in [0.29, 0.717) is 21.6 Å². The second kappa shape index (κ2) is 11.4. The summed E-state index contributed by atoms with van der Waals surface area (Å²) in [6.45, 7) is 1.88. The first-order chi connectivity index (χ1) is 15.5. The number of alkyl carbamates (subject to hydrolysis) is 1. The van der Waals surface area contributed by atoms with Crippen LogP contribution in [0.3, 0.4) is 0 Å². The summed E-state index contributed by atoms with van der Waals surface area (Å²) in [5.41, 5.74) is 4.06. The molecule has 0 bridgehead atoms. The van der Waals surface area contributed by atoms with Crippen molar-refractivity contribution in [2.45, 2.75) is 19.4 Å². The second-order valence-electron chi connectivity index (χ2n) is 6.67. The minimum Gasteiger partial charge on any atom is -0.455 e. The molecule has 3 rings (SSSR count). The number of halogens is 2. The molecule has 0 fully saturated rings. The number of ether oxygens (including phenoxy) is 1. The van der Waals surface area contributed by atoms with Crippen LogP contribution in [0.25, 0.3) is 11.3 Å². The Morgan fingerprint density at radius 3 is 2.59 bits per heavy atom. The monoisotopic (exact) mass is 473 g/mol. The Balaban J connectivity index is 1.65. The van der Waals surface area contributed by atoms with Crippen LogP contribution >= 0.6 is 23.2 Å². The molecule has 0 radical (unpaired) electrons. The van der Waals surface area contributed by atoms with Gasteiger partial charge in [-0.25, -0.2) is 10.2 Å². The fourth-order valence-electron chi connectivity index (χ4n) is 2.84. The minimum absolute atomic E-state index is 0.198. The van der Waals surface area contributed by atoms with Gasteiger partial charge in [-0.05, 0) is 42.8 Å². The van der Waals surface area contributed by atoms with Gasteiger partial charge in [-0.3, -0.25) is 4.79 Å². The van der Waals surface area contributed by atoms with Crippen LogP contribution in [-0.4, -0.2) is 30.9 Å². The van der Waals surface area contributed by atoms with E-state index >= 15 is 0 Å². The van der Waals surface area contributed by atoms with E-state index in [-0.39, 0.29) is 13.0 Å². The van der Waals surface area contributed by atoms with E-state index in [4.69, 9.17) is 32.4 Å². The number of furan rings is 1. The maximum atomic E-state index is 12.6. The van der Waals surface area contributed by atoms with Gasteiger partial charge in [0.1, 0.15) is 17.6 Å². The zero-order valence-corrected chi connectivity index (χ0v) is 18.7. The molecular weight excluding hydrogens is 453 g/mol. The van der Waals surface area contributed by atoms with E-state index < -0.39 is 18.0 Å². The quantitative estimate of drug-likeness (QED) is 0.353. The maximum Gasteiger partial charge on any atom is 0.407 e. The smallest absolute Gasteiger partial charge is 0.407 e. The topological polar surface area (TPSA) is 92.9 Å². The Kier molecular flexibility index (Phi) is 8.30. The van der Waals surface area contributed by atoms with Crippen molar-refractivity contribution < 1.29 is 18.7 Å². The van der Waals surface area contributed by atoms with Crippen molar-refractivity contribution in [2.75, 3.05) is 6.61 Å². The van der Waals surface area contributed by atoms with E-state index in [0.717, 1.165) is 11.1 Å². The number of carbonyl (C=O) groups excluding carboxylic acids is 2. The van der Waals surface area contributed by atoms with Crippen LogP contribution in [0.1, 0.15) is 18.2 Å². The second-order valence-corrected chi connectivity index (χ2v) is 7.49. The van der Waals surface area contributed by atoms with Crippen molar-refractivity contribution in [3.8, 4) is 11.3 Å². The van der Waals surface area contributed by atoms with Crippen LogP contribution in [0.15, 0.2) is 70.2 Å². The van der Waals surface area contributed by atoms with Crippen LogP contribution in [0.5, 0.6) is 0 Å². The standard InChI is InChI=1S/C23H21Cl2N3O4/c1-2-31-23(30)27-20(12-15-6-4-3-5-7-15)22(29)28-26-14-17-9-11-21(32-17)16-8-10-18(24)19(25)13-16/h3-11,13-14,20H,2,12H2,1H3,(H,27,30)(H,28,29)/b26-14-/t20-/m1/s1. The van der Waals surface area contributed by atoms with Crippen molar-refractivity contribution >= 4 is 41.4 Å². The maximum absolute atomic E-state index is 12.6. The molecule has 1 heterocycles. The van der Waals surface area contributed by atoms with Gasteiger partial charge >= 0.3 is 6.09 Å². The number of rotatable bonds is 8. The van der Waals surface area contributed by atoms with Gasteiger partial charge in [-0.15, -0.1) is 0 Å². The van der Waals surface area contributed by atoms with Gasteiger partial charge in [0.25, 0.3) is 5.91 Å². The molecule has 0 aliphatic carbocycles. The van der Waals surface area contributed by atoms with E-state index in [1.54, 1.807) is 37.3 Å². The average Bonchev–Trinajstić information content (AvgIpc) is 3.25. The molecule has 0 aliphatic rings. The van der Waals surface area contributed by atoms with Gasteiger partial charge in [0.15, 0.2) is 0 Å². The average molecular weight is 474 g/mol. The number of hydrogen-bond acceptors (Lipinski definition) is 5. The number of hydrazone groups is 1. The summed E-state index contributed by atoms with van der Waals surface area (Å²) in [5.74, 6) is 0.501. The lowest BCUT2D eigenvalue weighted by Crippen LogP contribution is -2.47. The first kappa shape index (κ1) is 23.4. The predicted octanol–water partition coefficient (Wildman–Crippen LogP) is 5.06. The third-order valence-electron chi connectivity index (χ3n) is 4.36. The molecule has 3 aromatic rings. The predicted molar refractivity (Wildman–Crippen MR) is 124 cm³/mol. The van der Waals surface area contributed by atoms with Crippen LogP contribution in [0.2, 0.25) is 10.0 Å². The van der Waals surface area contributed by atoms with Crippen LogP contribution < -0.4 is 10.7 Å². The van der Waals surface area contributed by atoms with Crippen LogP contribution in [0.4, 0.5) is 4.79 Å². The fourth-order valence-corrected chi connectivity index (χ4v) is 3.14. The number of hydrogen-bond donors (Lipinski definition) is 2. The lowest BCUT2D eigenvalue weighted by atomic mass is 10.1. The van der Waals surface area contributed by atoms with Gasteiger partial charge in [0.2, 0.25) is 0 Å². The molecule has 32 heavy (non-hydrogen) atoms. The normalized spacial score (nSPS) is 11.8. The molecule has 0 spiro atoms. The Labute approximate surface area is 195 Å². The zero-order chi connectivity index (χ0) is 22.9. The van der Waals surface area contributed by atoms with Crippen molar-refractivity contribution in [1.29, 1.82) is 0 Å². The van der Waals surface area contributed by atoms with Crippen molar-refractivity contribution in [3.63, 3.8) is 0 Å². The van der Waals surface area contributed by atoms with Crippen molar-refractivity contribution in [3.05, 3.63) is 82.0 Å². The lowest BCUT2D eigenvalue weighted by molar-refractivity contribution is -0.123. The molecule has 1 atom stereocenters. The molecule has 166 valence electrons. The zero-order valence-electron chi connectivity index (χ0n) is 17.2. The molecule has 9 heteroatoms. The van der Waals surface area contributed by atoms with Crippen molar-refractivity contribution in [2.24, 2.45) is 5.10 Å². The van der Waals surface area contributed by atoms with Gasteiger partial charge in [0.05, 0.1) is 22.9 Å². The molecule has 2 amide bonds. The minimum atomic E-state index is -0.864. The van der Waals surface area contributed by atoms with E-state index in [1.807, 2.05) is 30.3 Å². The highest BCUT2D eigenvalue weighted by Crippen LogP contribution is 2.29. The highest BCUT2D eigenvalue weighted by atomic mass is 35.5. The number of nitrogens with zero attached hydrogens (tertiary/aromatic N) is 1. The van der Waals surface area contributed by atoms with Gasteiger partial charge in [-0.1, -0.05) is 53.5 Å². The Hall–Kier alpha value is -3.29. The molecule has 0 aliphatic heterocycles. The summed E-state index contributed by atoms with van der Waals surface area (Å²) in [5, 5.41) is 7.36. The molecule has 0 unspecified atom stereocenters. The molecule has 2 N–H and O–H groups in total. The molecule has 0 saturated carbocycles. The van der Waals surface area contributed by atoms with Crippen LogP contribution in [-0.2, 0) is 16.0 Å². The molecule has 7 nitrogen and oxygen atoms in total. The van der Waals surface area contributed by atoms with Crippen LogP contribution in [0, 0.1) is 0 Å². The van der Waals surface area contributed by atoms with Crippen molar-refractivity contribution in [1.82, 2.24) is 10.7 Å². The summed E-state index contributed by atoms with van der Waals surface area (Å²) in [4.78, 5) is 24.5. The summed E-state index contributed by atoms with van der Waals surface area (Å²) in [6, 6.07) is 17.1. The SMILES string of the molecule is CCOC(=O)N[C@H](Cc1ccccc1)C(=O)N/N=C\c1ccc(-c2ccc(Cl)c(Cl)c2)o1. The van der Waals surface area contributed by atoms with E-state index in [1.165, 1.54) is 6.21 Å². The van der Waals surface area contributed by atoms with E-state index in [2.05, 4.69) is 15.8 Å². The summed E-state index contributed by atoms with van der Waals surface area (Å²) in [6.07, 6.45) is 0.969. The first-order valence-corrected chi connectivity index (χ1v) is 10.6. The summed E-state index contributed by atoms with van der Waals surface area (Å²) >= 11 is 12.0. The van der Waals surface area contributed by atoms with Gasteiger partial charge < -0.3 is 14.5 Å². The summed E-state index contributed by atoms with van der Waals surface area (Å²) in [7, 11) is 0. The highest BCUT2D eigenvalue weighted by Gasteiger charge is 2.21. The number of amides is 2. The number of nitrogens with one attached hydrogen (secondary N) is 2. The molecule has 0 saturated heterocycles. The highest BCUT2D eigenvalue weighted by molar-refractivity contribution is 6.42. The third kappa shape index (κ3) is 6.60. The fraction of sp³-hybridized carbons (Fsp3) is 0.174. The Bertz CT molecular complexity index is 1100. The summed E-state index contributed by atoms with van der Waals surface area (Å²) < 4.78 is 10.6. The van der Waals surface area contributed by atoms with E-state index in [9.17, 15) is 9.59 Å². The van der Waals surface area contributed by atoms with Gasteiger partial charge in [0, 0.05) is 12.0 Å². The largest absolute Gasteiger partial charge is 0.455 e. The third-order valence-corrected chi connectivity index (χ3v) is 5.10. The van der Waals surface area contributed by atoms with Gasteiger partial charge in [-0.2, -0.15) is 5.10 Å². The Morgan fingerprint density at radius 2 is 1.88 bits per heavy atom. The molecular formula is C23H21Cl2N3O4. The molecule has 2 aromatic carbocycles. The molecule has 1 aromatic heterocycles. The first-order valence-electron chi connectivity index (χ1n) is 9.81. The Morgan fingerprint density at radius 1 is 1.09 bits per heavy atom. The number of benzene rings is 2. The lowest BCUT2D eigenvalue weighted by Gasteiger charge is -2.16.